The van der Waals surface area contributed by atoms with Gasteiger partial charge in [-0.1, -0.05) is 36.7 Å². The Bertz CT molecular complexity index is 630. The molecule has 96 valence electrons. The van der Waals surface area contributed by atoms with Crippen molar-refractivity contribution < 1.29 is 9.04 Å². The second-order valence-corrected chi connectivity index (χ2v) is 5.15. The van der Waals surface area contributed by atoms with Gasteiger partial charge in [-0.05, 0) is 46.7 Å². The Morgan fingerprint density at radius 2 is 2.11 bits per heavy atom. The molecule has 1 aliphatic rings. The summed E-state index contributed by atoms with van der Waals surface area (Å²) >= 11 is 6.13. The molecule has 0 spiro atoms. The zero-order chi connectivity index (χ0) is 13.4. The summed E-state index contributed by atoms with van der Waals surface area (Å²) in [5, 5.41) is 0.781. The van der Waals surface area contributed by atoms with Crippen LogP contribution in [0, 0.1) is 5.82 Å². The lowest BCUT2D eigenvalue weighted by Gasteiger charge is -2.10. The van der Waals surface area contributed by atoms with Gasteiger partial charge in [0.25, 0.3) is 0 Å². The van der Waals surface area contributed by atoms with E-state index in [1.165, 1.54) is 6.07 Å². The summed E-state index contributed by atoms with van der Waals surface area (Å²) in [6.07, 6.45) is 0.885. The van der Waals surface area contributed by atoms with Gasteiger partial charge in [0.05, 0.1) is 6.61 Å². The molecule has 0 unspecified atom stereocenters. The zero-order valence-electron chi connectivity index (χ0n) is 10.6. The van der Waals surface area contributed by atoms with Gasteiger partial charge in [0.15, 0.2) is 0 Å². The lowest BCUT2D eigenvalue weighted by Crippen LogP contribution is -2.41. The minimum Gasteiger partial charge on any atom is -0.423 e. The van der Waals surface area contributed by atoms with Crippen molar-refractivity contribution in [2.75, 3.05) is 0 Å². The average Bonchev–Trinajstić information content (AvgIpc) is 2.82. The molecule has 0 atom stereocenters. The molecule has 0 aliphatic carbocycles. The Kier molecular flexibility index (Phi) is 3.34. The molecule has 1 aliphatic heterocycles. The first-order valence-corrected chi connectivity index (χ1v) is 6.75. The highest BCUT2D eigenvalue weighted by Gasteiger charge is 2.30. The Hall–Kier alpha value is -1.32. The van der Waals surface area contributed by atoms with E-state index in [9.17, 15) is 4.39 Å². The normalized spacial score (nSPS) is 13.7. The highest BCUT2D eigenvalue weighted by Crippen LogP contribution is 2.17. The number of aryl methyl sites for hydroxylation is 1. The van der Waals surface area contributed by atoms with Crippen LogP contribution in [0.5, 0.6) is 0 Å². The number of halogens is 2. The fourth-order valence-electron chi connectivity index (χ4n) is 2.52. The maximum Gasteiger partial charge on any atom is 0.362 e. The van der Waals surface area contributed by atoms with E-state index in [0.29, 0.717) is 6.61 Å². The first kappa shape index (κ1) is 12.7. The summed E-state index contributed by atoms with van der Waals surface area (Å²) in [5.74, 6) is -0.214. The van der Waals surface area contributed by atoms with Gasteiger partial charge in [0.2, 0.25) is 0 Å². The fourth-order valence-corrected chi connectivity index (χ4v) is 2.77. The van der Waals surface area contributed by atoms with Crippen molar-refractivity contribution in [3.8, 4) is 0 Å². The monoisotopic (exact) mass is 274 g/mol. The topological polar surface area (TPSA) is 9.23 Å². The molecule has 0 aromatic heterocycles. The van der Waals surface area contributed by atoms with Crippen LogP contribution < -0.4 is 10.9 Å². The molecular formula is C15H13BClFO. The van der Waals surface area contributed by atoms with Gasteiger partial charge >= 0.3 is 6.92 Å². The Labute approximate surface area is 117 Å². The molecular weight excluding hydrogens is 261 g/mol. The first-order valence-electron chi connectivity index (χ1n) is 6.37. The van der Waals surface area contributed by atoms with Gasteiger partial charge < -0.3 is 4.65 Å². The third kappa shape index (κ3) is 2.28. The molecule has 2 aromatic carbocycles. The van der Waals surface area contributed by atoms with Gasteiger partial charge in [-0.15, -0.1) is 0 Å². The molecule has 0 fully saturated rings. The lowest BCUT2D eigenvalue weighted by atomic mass is 9.55. The molecule has 3 rings (SSSR count). The minimum absolute atomic E-state index is 0.113. The van der Waals surface area contributed by atoms with Crippen molar-refractivity contribution in [3.63, 3.8) is 0 Å². The average molecular weight is 275 g/mol. The molecule has 0 bridgehead atoms. The summed E-state index contributed by atoms with van der Waals surface area (Å²) < 4.78 is 19.0. The van der Waals surface area contributed by atoms with E-state index >= 15 is 0 Å². The van der Waals surface area contributed by atoms with Crippen LogP contribution >= 0.6 is 11.6 Å². The van der Waals surface area contributed by atoms with Crippen molar-refractivity contribution in [1.29, 1.82) is 0 Å². The van der Waals surface area contributed by atoms with Crippen LogP contribution in [0.1, 0.15) is 18.1 Å². The molecule has 1 nitrogen and oxygen atoms in total. The van der Waals surface area contributed by atoms with Crippen molar-refractivity contribution in [3.05, 3.63) is 58.4 Å². The second-order valence-electron chi connectivity index (χ2n) is 4.74. The summed E-state index contributed by atoms with van der Waals surface area (Å²) in [7, 11) is 0. The molecule has 1 heterocycles. The number of hydrogen-bond acceptors (Lipinski definition) is 1. The number of benzene rings is 2. The smallest absolute Gasteiger partial charge is 0.362 e. The van der Waals surface area contributed by atoms with Crippen molar-refractivity contribution in [2.45, 2.75) is 20.0 Å². The highest BCUT2D eigenvalue weighted by molar-refractivity contribution is 6.81. The third-order valence-electron chi connectivity index (χ3n) is 3.55. The van der Waals surface area contributed by atoms with Crippen LogP contribution in [-0.2, 0) is 17.7 Å². The second kappa shape index (κ2) is 4.99. The van der Waals surface area contributed by atoms with Crippen LogP contribution in [0.25, 0.3) is 0 Å². The lowest BCUT2D eigenvalue weighted by molar-refractivity contribution is 0.336. The quantitative estimate of drug-likeness (QED) is 0.765. The molecule has 19 heavy (non-hydrogen) atoms. The van der Waals surface area contributed by atoms with Gasteiger partial charge in [0, 0.05) is 5.02 Å². The van der Waals surface area contributed by atoms with Gasteiger partial charge in [-0.2, -0.15) is 0 Å². The molecule has 0 amide bonds. The van der Waals surface area contributed by atoms with E-state index < -0.39 is 0 Å². The van der Waals surface area contributed by atoms with E-state index in [2.05, 4.69) is 13.0 Å². The summed E-state index contributed by atoms with van der Waals surface area (Å²) in [5.41, 5.74) is 4.16. The standard InChI is InChI=1S/C15H13BClFO/c1-2-10-7-12(3-6-15(10)17)16-14-5-4-13(18)8-11(14)9-19-16/h3-8H,2,9H2,1H3. The first-order chi connectivity index (χ1) is 9.19. The fraction of sp³-hybridized carbons (Fsp3) is 0.200. The maximum atomic E-state index is 13.2. The van der Waals surface area contributed by atoms with E-state index in [1.807, 2.05) is 18.2 Å². The molecule has 0 N–H and O–H groups in total. The Morgan fingerprint density at radius 1 is 1.26 bits per heavy atom. The highest BCUT2D eigenvalue weighted by atomic mass is 35.5. The van der Waals surface area contributed by atoms with Crippen LogP contribution in [0.3, 0.4) is 0 Å². The predicted molar refractivity (Wildman–Crippen MR) is 77.0 cm³/mol. The van der Waals surface area contributed by atoms with E-state index in [-0.39, 0.29) is 12.7 Å². The SMILES string of the molecule is CCc1cc(B2OCc3cc(F)ccc32)ccc1Cl. The minimum atomic E-state index is -0.214. The zero-order valence-corrected chi connectivity index (χ0v) is 11.4. The van der Waals surface area contributed by atoms with E-state index in [1.54, 1.807) is 6.07 Å². The molecule has 2 aromatic rings. The largest absolute Gasteiger partial charge is 0.423 e. The summed E-state index contributed by atoms with van der Waals surface area (Å²) in [6.45, 7) is 2.42. The van der Waals surface area contributed by atoms with Crippen LogP contribution in [-0.4, -0.2) is 6.92 Å². The molecule has 0 radical (unpaired) electrons. The summed E-state index contributed by atoms with van der Waals surface area (Å²) in [4.78, 5) is 0. The van der Waals surface area contributed by atoms with E-state index in [0.717, 1.165) is 33.5 Å². The predicted octanol–water partition coefficient (Wildman–Crippen LogP) is 2.68. The van der Waals surface area contributed by atoms with Crippen molar-refractivity contribution >= 4 is 29.4 Å². The van der Waals surface area contributed by atoms with Gasteiger partial charge in [-0.25, -0.2) is 4.39 Å². The third-order valence-corrected chi connectivity index (χ3v) is 3.92. The number of fused-ring (bicyclic) bond motifs is 1. The van der Waals surface area contributed by atoms with Crippen molar-refractivity contribution in [2.24, 2.45) is 0 Å². The van der Waals surface area contributed by atoms with E-state index in [4.69, 9.17) is 16.3 Å². The van der Waals surface area contributed by atoms with Crippen LogP contribution in [0.2, 0.25) is 5.02 Å². The van der Waals surface area contributed by atoms with Crippen molar-refractivity contribution in [1.82, 2.24) is 0 Å². The van der Waals surface area contributed by atoms with Gasteiger partial charge in [0.1, 0.15) is 5.82 Å². The number of rotatable bonds is 2. The van der Waals surface area contributed by atoms with Gasteiger partial charge in [-0.3, -0.25) is 0 Å². The molecule has 4 heteroatoms. The molecule has 0 saturated carbocycles. The summed E-state index contributed by atoms with van der Waals surface area (Å²) in [6, 6.07) is 10.8. The molecule has 0 saturated heterocycles. The Morgan fingerprint density at radius 3 is 2.89 bits per heavy atom. The van der Waals surface area contributed by atoms with Crippen LogP contribution in [0.4, 0.5) is 4.39 Å². The Balaban J connectivity index is 2.01. The maximum absolute atomic E-state index is 13.2. The number of hydrogen-bond donors (Lipinski definition) is 0. The van der Waals surface area contributed by atoms with Crippen LogP contribution in [0.15, 0.2) is 36.4 Å².